The molecule has 3 heterocycles. The van der Waals surface area contributed by atoms with Crippen molar-refractivity contribution in [1.29, 1.82) is 10.5 Å². The second-order valence-corrected chi connectivity index (χ2v) is 11.3. The molecule has 4 aromatic rings. The maximum absolute atomic E-state index is 11.7. The number of oxazole rings is 1. The van der Waals surface area contributed by atoms with Crippen molar-refractivity contribution in [3.05, 3.63) is 76.7 Å². The molecule has 0 saturated carbocycles. The summed E-state index contributed by atoms with van der Waals surface area (Å²) in [5, 5.41) is 20.5. The van der Waals surface area contributed by atoms with E-state index in [9.17, 15) is 15.3 Å². The van der Waals surface area contributed by atoms with Gasteiger partial charge in [0, 0.05) is 16.9 Å². The zero-order valence-corrected chi connectivity index (χ0v) is 25.4. The molecule has 1 aliphatic heterocycles. The van der Waals surface area contributed by atoms with E-state index in [1.165, 1.54) is 18.9 Å². The molecule has 1 saturated heterocycles. The van der Waals surface area contributed by atoms with Crippen molar-refractivity contribution in [2.45, 2.75) is 43.4 Å². The predicted octanol–water partition coefficient (Wildman–Crippen LogP) is 5.65. The number of nitrogens with two attached hydrogens (primary N) is 1. The number of rotatable bonds is 9. The zero-order chi connectivity index (χ0) is 31.4. The Hall–Kier alpha value is -4.88. The van der Waals surface area contributed by atoms with Crippen molar-refractivity contribution in [1.82, 2.24) is 9.97 Å². The number of anilines is 1. The second kappa shape index (κ2) is 12.8. The molecule has 2 aromatic carbocycles. The Balaban J connectivity index is 1.35. The molecule has 11 nitrogen and oxygen atoms in total. The Morgan fingerprint density at radius 2 is 1.75 bits per heavy atom. The minimum absolute atomic E-state index is 0.0218. The van der Waals surface area contributed by atoms with Crippen LogP contribution in [-0.4, -0.2) is 48.2 Å². The first-order valence-corrected chi connectivity index (χ1v) is 14.6. The van der Waals surface area contributed by atoms with Gasteiger partial charge in [-0.3, -0.25) is 0 Å². The van der Waals surface area contributed by atoms with Crippen LogP contribution in [0.4, 0.5) is 5.82 Å². The van der Waals surface area contributed by atoms with Crippen LogP contribution in [0, 0.1) is 29.6 Å². The number of hydrogen-bond donors (Lipinski definition) is 1. The predicted molar refractivity (Wildman–Crippen MR) is 161 cm³/mol. The maximum atomic E-state index is 11.7. The number of pyridine rings is 1. The molecule has 1 atom stereocenters. The van der Waals surface area contributed by atoms with Gasteiger partial charge in [-0.2, -0.15) is 10.5 Å². The first kappa shape index (κ1) is 30.6. The van der Waals surface area contributed by atoms with Gasteiger partial charge in [-0.15, -0.1) is 0 Å². The summed E-state index contributed by atoms with van der Waals surface area (Å²) in [6, 6.07) is 18.1. The number of esters is 1. The van der Waals surface area contributed by atoms with Crippen LogP contribution in [-0.2, 0) is 20.0 Å². The number of carbonyl (C=O) groups excluding carboxylic acids is 1. The van der Waals surface area contributed by atoms with E-state index in [1.807, 2.05) is 13.8 Å². The van der Waals surface area contributed by atoms with E-state index in [0.29, 0.717) is 69.3 Å². The molecule has 1 aliphatic rings. The monoisotopic (exact) mass is 611 g/mol. The van der Waals surface area contributed by atoms with Crippen LogP contribution in [0.25, 0.3) is 22.6 Å². The Bertz CT molecular complexity index is 1770. The van der Waals surface area contributed by atoms with Gasteiger partial charge in [0.1, 0.15) is 52.8 Å². The Kier molecular flexibility index (Phi) is 8.88. The van der Waals surface area contributed by atoms with E-state index in [-0.39, 0.29) is 23.0 Å². The number of hydrogen-bond acceptors (Lipinski definition) is 12. The average Bonchev–Trinajstić information content (AvgIpc) is 3.58. The number of nitrogens with zero attached hydrogens (tertiary/aromatic N) is 4. The quantitative estimate of drug-likeness (QED) is 0.183. The SMILES string of the molecule is COC(=O)c1ccc(-c2nc(CSc3nc(N)c(C#N)c(-c4ccc(OC[C@@H]5COC(C)(C)O5)cc4)c3C#N)c(C)o2)cc1. The Morgan fingerprint density at radius 1 is 1.07 bits per heavy atom. The Morgan fingerprint density at radius 3 is 2.36 bits per heavy atom. The number of carbonyl (C=O) groups is 1. The van der Waals surface area contributed by atoms with Crippen LogP contribution in [0.2, 0.25) is 0 Å². The smallest absolute Gasteiger partial charge is 0.337 e. The molecule has 5 rings (SSSR count). The highest BCUT2D eigenvalue weighted by Gasteiger charge is 2.33. The fourth-order valence-electron chi connectivity index (χ4n) is 4.63. The fourth-order valence-corrected chi connectivity index (χ4v) is 5.63. The number of nitriles is 2. The van der Waals surface area contributed by atoms with Gasteiger partial charge < -0.3 is 29.1 Å². The number of benzene rings is 2. The topological polar surface area (TPSA) is 167 Å². The second-order valence-electron chi connectivity index (χ2n) is 10.3. The van der Waals surface area contributed by atoms with Crippen molar-refractivity contribution in [2.24, 2.45) is 0 Å². The van der Waals surface area contributed by atoms with E-state index < -0.39 is 11.8 Å². The lowest BCUT2D eigenvalue weighted by molar-refractivity contribution is -0.141. The van der Waals surface area contributed by atoms with Gasteiger partial charge in [-0.25, -0.2) is 14.8 Å². The standard InChI is InChI=1S/C32H29N5O6S/c1-18-26(36-29(42-18)20-5-7-21(8-6-20)31(38)39-4)17-44-30-25(14-34)27(24(13-33)28(35)37-30)19-9-11-22(12-10-19)40-15-23-16-41-32(2,3)43-23/h5-12,23H,15-17H2,1-4H3,(H2,35,37)/t23-/m1/s1. The molecule has 0 aliphatic carbocycles. The van der Waals surface area contributed by atoms with Crippen LogP contribution in [0.1, 0.15) is 46.8 Å². The summed E-state index contributed by atoms with van der Waals surface area (Å²) < 4.78 is 27.9. The van der Waals surface area contributed by atoms with E-state index in [4.69, 9.17) is 29.1 Å². The molecule has 0 unspecified atom stereocenters. The Labute approximate surface area is 258 Å². The minimum Gasteiger partial charge on any atom is -0.491 e. The van der Waals surface area contributed by atoms with Gasteiger partial charge in [0.15, 0.2) is 5.79 Å². The molecule has 44 heavy (non-hydrogen) atoms. The van der Waals surface area contributed by atoms with Crippen molar-refractivity contribution in [3.63, 3.8) is 0 Å². The third-order valence-electron chi connectivity index (χ3n) is 6.85. The number of aryl methyl sites for hydroxylation is 1. The molecular weight excluding hydrogens is 582 g/mol. The van der Waals surface area contributed by atoms with E-state index in [0.717, 1.165) is 0 Å². The minimum atomic E-state index is -0.635. The summed E-state index contributed by atoms with van der Waals surface area (Å²) in [4.78, 5) is 20.7. The highest BCUT2D eigenvalue weighted by atomic mass is 32.2. The fraction of sp³-hybridized carbons (Fsp3) is 0.281. The zero-order valence-electron chi connectivity index (χ0n) is 24.5. The van der Waals surface area contributed by atoms with Crippen molar-refractivity contribution in [3.8, 4) is 40.5 Å². The summed E-state index contributed by atoms with van der Waals surface area (Å²) >= 11 is 1.27. The molecule has 1 fully saturated rings. The van der Waals surface area contributed by atoms with Crippen LogP contribution in [0.3, 0.4) is 0 Å². The van der Waals surface area contributed by atoms with Gasteiger partial charge in [-0.05, 0) is 62.7 Å². The lowest BCUT2D eigenvalue weighted by atomic mass is 9.97. The molecule has 0 bridgehead atoms. The van der Waals surface area contributed by atoms with Gasteiger partial charge in [0.2, 0.25) is 5.89 Å². The summed E-state index contributed by atoms with van der Waals surface area (Å²) in [5.74, 6) is 0.877. The number of ether oxygens (including phenoxy) is 4. The largest absolute Gasteiger partial charge is 0.491 e. The van der Waals surface area contributed by atoms with Gasteiger partial charge in [0.05, 0.1) is 30.5 Å². The average molecular weight is 612 g/mol. The molecular formula is C32H29N5O6S. The highest BCUT2D eigenvalue weighted by Crippen LogP contribution is 2.38. The van der Waals surface area contributed by atoms with Gasteiger partial charge in [-0.1, -0.05) is 23.9 Å². The maximum Gasteiger partial charge on any atom is 0.337 e. The summed E-state index contributed by atoms with van der Waals surface area (Å²) in [6.07, 6.45) is -0.184. The van der Waals surface area contributed by atoms with Crippen LogP contribution < -0.4 is 10.5 Å². The normalized spacial score (nSPS) is 15.4. The highest BCUT2D eigenvalue weighted by molar-refractivity contribution is 7.98. The summed E-state index contributed by atoms with van der Waals surface area (Å²) in [7, 11) is 1.32. The molecule has 0 radical (unpaired) electrons. The van der Waals surface area contributed by atoms with E-state index in [1.54, 1.807) is 55.5 Å². The lowest BCUT2D eigenvalue weighted by Crippen LogP contribution is -2.25. The van der Waals surface area contributed by atoms with Crippen LogP contribution >= 0.6 is 11.8 Å². The lowest BCUT2D eigenvalue weighted by Gasteiger charge is -2.17. The summed E-state index contributed by atoms with van der Waals surface area (Å²) in [5.41, 5.74) is 9.34. The molecule has 0 spiro atoms. The number of aromatic nitrogens is 2. The molecule has 12 heteroatoms. The molecule has 2 N–H and O–H groups in total. The number of nitrogen functional groups attached to an aromatic ring is 1. The summed E-state index contributed by atoms with van der Waals surface area (Å²) in [6.45, 7) is 6.27. The van der Waals surface area contributed by atoms with Crippen LogP contribution in [0.15, 0.2) is 58.0 Å². The molecule has 2 aromatic heterocycles. The van der Waals surface area contributed by atoms with E-state index in [2.05, 4.69) is 22.1 Å². The third-order valence-corrected chi connectivity index (χ3v) is 7.84. The van der Waals surface area contributed by atoms with E-state index >= 15 is 0 Å². The number of methoxy groups -OCH3 is 1. The van der Waals surface area contributed by atoms with Crippen molar-refractivity contribution in [2.75, 3.05) is 26.1 Å². The number of thioether (sulfide) groups is 1. The van der Waals surface area contributed by atoms with Crippen molar-refractivity contribution >= 4 is 23.5 Å². The van der Waals surface area contributed by atoms with Gasteiger partial charge >= 0.3 is 5.97 Å². The first-order valence-electron chi connectivity index (χ1n) is 13.6. The molecule has 224 valence electrons. The van der Waals surface area contributed by atoms with Crippen LogP contribution in [0.5, 0.6) is 5.75 Å². The molecule has 0 amide bonds. The van der Waals surface area contributed by atoms with Gasteiger partial charge in [0.25, 0.3) is 0 Å². The third kappa shape index (κ3) is 6.53. The first-order chi connectivity index (χ1) is 21.1. The van der Waals surface area contributed by atoms with Crippen molar-refractivity contribution < 1.29 is 28.2 Å².